The largest absolute Gasteiger partial charge is 0.355 e. The van der Waals surface area contributed by atoms with Gasteiger partial charge in [0.05, 0.1) is 6.04 Å². The van der Waals surface area contributed by atoms with Crippen LogP contribution in [0.3, 0.4) is 0 Å². The topological polar surface area (TPSA) is 60.0 Å². The van der Waals surface area contributed by atoms with E-state index < -0.39 is 0 Å². The van der Waals surface area contributed by atoms with Gasteiger partial charge in [0.1, 0.15) is 0 Å². The number of hydrogen-bond acceptors (Lipinski definition) is 3. The Morgan fingerprint density at radius 1 is 1.32 bits per heavy atom. The lowest BCUT2D eigenvalue weighted by Gasteiger charge is -2.26. The van der Waals surface area contributed by atoms with Crippen molar-refractivity contribution in [2.45, 2.75) is 31.3 Å². The van der Waals surface area contributed by atoms with Gasteiger partial charge in [-0.05, 0) is 45.0 Å². The first kappa shape index (κ1) is 17.7. The first-order valence-electron chi connectivity index (χ1n) is 9.07. The van der Waals surface area contributed by atoms with Crippen LogP contribution in [0.25, 0.3) is 0 Å². The summed E-state index contributed by atoms with van der Waals surface area (Å²) in [6, 6.07) is 10.5. The highest BCUT2D eigenvalue weighted by molar-refractivity contribution is 5.97. The van der Waals surface area contributed by atoms with Crippen molar-refractivity contribution in [3.05, 3.63) is 30.3 Å². The lowest BCUT2D eigenvalue weighted by Crippen LogP contribution is -2.49. The number of likely N-dealkylation sites (N-methyl/N-ethyl adjacent to an activating group) is 1. The van der Waals surface area contributed by atoms with E-state index in [2.05, 4.69) is 34.6 Å². The molecule has 1 aliphatic heterocycles. The molecule has 2 aliphatic rings. The van der Waals surface area contributed by atoms with E-state index in [0.717, 1.165) is 24.1 Å². The standard InChI is InChI=1S/C19H29N5O/c1-20-19(21-12-17(23(2)3)14-9-10-14)22-15-11-18(25)24(13-15)16-7-5-4-6-8-16/h4-8,14-15,17H,9-13H2,1-3H3,(H2,20,21,22). The molecule has 25 heavy (non-hydrogen) atoms. The Balaban J connectivity index is 1.53. The summed E-state index contributed by atoms with van der Waals surface area (Å²) >= 11 is 0. The molecule has 2 atom stereocenters. The summed E-state index contributed by atoms with van der Waals surface area (Å²) in [5, 5.41) is 6.84. The number of rotatable bonds is 6. The average molecular weight is 343 g/mol. The van der Waals surface area contributed by atoms with Crippen LogP contribution in [-0.2, 0) is 4.79 Å². The summed E-state index contributed by atoms with van der Waals surface area (Å²) in [5.41, 5.74) is 0.959. The third-order valence-corrected chi connectivity index (χ3v) is 5.07. The molecule has 1 aliphatic carbocycles. The predicted molar refractivity (Wildman–Crippen MR) is 102 cm³/mol. The van der Waals surface area contributed by atoms with Crippen molar-refractivity contribution in [1.82, 2.24) is 15.5 Å². The van der Waals surface area contributed by atoms with E-state index in [1.807, 2.05) is 35.2 Å². The van der Waals surface area contributed by atoms with Crippen molar-refractivity contribution in [1.29, 1.82) is 0 Å². The van der Waals surface area contributed by atoms with Crippen molar-refractivity contribution in [2.24, 2.45) is 10.9 Å². The quantitative estimate of drug-likeness (QED) is 0.604. The van der Waals surface area contributed by atoms with E-state index >= 15 is 0 Å². The van der Waals surface area contributed by atoms with Gasteiger partial charge in [-0.3, -0.25) is 9.79 Å². The zero-order valence-electron chi connectivity index (χ0n) is 15.4. The van der Waals surface area contributed by atoms with Crippen molar-refractivity contribution < 1.29 is 4.79 Å². The fourth-order valence-corrected chi connectivity index (χ4v) is 3.50. The number of anilines is 1. The lowest BCUT2D eigenvalue weighted by atomic mass is 10.1. The molecule has 2 N–H and O–H groups in total. The number of amides is 1. The van der Waals surface area contributed by atoms with Crippen LogP contribution >= 0.6 is 0 Å². The molecule has 1 saturated carbocycles. The second-order valence-corrected chi connectivity index (χ2v) is 7.21. The van der Waals surface area contributed by atoms with Gasteiger partial charge in [0.15, 0.2) is 5.96 Å². The van der Waals surface area contributed by atoms with Gasteiger partial charge in [0.2, 0.25) is 5.91 Å². The molecule has 0 bridgehead atoms. The SMILES string of the molecule is CN=C(NCC(C1CC1)N(C)C)NC1CC(=O)N(c2ccccc2)C1. The second-order valence-electron chi connectivity index (χ2n) is 7.21. The molecule has 1 aromatic rings. The molecule has 1 heterocycles. The minimum absolute atomic E-state index is 0.0811. The Hall–Kier alpha value is -2.08. The fourth-order valence-electron chi connectivity index (χ4n) is 3.50. The van der Waals surface area contributed by atoms with Crippen LogP contribution in [0.5, 0.6) is 0 Å². The number of hydrogen-bond donors (Lipinski definition) is 2. The molecule has 0 aromatic heterocycles. The van der Waals surface area contributed by atoms with Crippen LogP contribution in [0.1, 0.15) is 19.3 Å². The van der Waals surface area contributed by atoms with Crippen LogP contribution in [0.15, 0.2) is 35.3 Å². The van der Waals surface area contributed by atoms with Crippen LogP contribution in [-0.4, -0.2) is 63.1 Å². The van der Waals surface area contributed by atoms with Gasteiger partial charge in [0, 0.05) is 38.3 Å². The Morgan fingerprint density at radius 3 is 2.64 bits per heavy atom. The summed E-state index contributed by atoms with van der Waals surface area (Å²) in [4.78, 5) is 20.8. The highest BCUT2D eigenvalue weighted by Crippen LogP contribution is 2.34. The maximum atomic E-state index is 12.3. The predicted octanol–water partition coefficient (Wildman–Crippen LogP) is 1.30. The molecule has 1 amide bonds. The summed E-state index contributed by atoms with van der Waals surface area (Å²) in [5.74, 6) is 1.73. The minimum Gasteiger partial charge on any atom is -0.355 e. The molecule has 2 fully saturated rings. The number of benzene rings is 1. The monoisotopic (exact) mass is 343 g/mol. The maximum absolute atomic E-state index is 12.3. The van der Waals surface area contributed by atoms with Gasteiger partial charge >= 0.3 is 0 Å². The van der Waals surface area contributed by atoms with Crippen LogP contribution < -0.4 is 15.5 Å². The zero-order valence-corrected chi connectivity index (χ0v) is 15.4. The number of para-hydroxylation sites is 1. The minimum atomic E-state index is 0.0811. The van der Waals surface area contributed by atoms with Crippen molar-refractivity contribution in [3.63, 3.8) is 0 Å². The Kier molecular flexibility index (Phi) is 5.58. The van der Waals surface area contributed by atoms with E-state index in [1.165, 1.54) is 12.8 Å². The highest BCUT2D eigenvalue weighted by atomic mass is 16.2. The second kappa shape index (κ2) is 7.87. The number of aliphatic imine (C=N–C) groups is 1. The number of nitrogens with zero attached hydrogens (tertiary/aromatic N) is 3. The molecule has 2 unspecified atom stereocenters. The van der Waals surface area contributed by atoms with Crippen LogP contribution in [0.2, 0.25) is 0 Å². The smallest absolute Gasteiger partial charge is 0.229 e. The van der Waals surface area contributed by atoms with Crippen molar-refractivity contribution in [2.75, 3.05) is 39.1 Å². The molecule has 1 saturated heterocycles. The molecular weight excluding hydrogens is 314 g/mol. The van der Waals surface area contributed by atoms with E-state index in [1.54, 1.807) is 7.05 Å². The first-order chi connectivity index (χ1) is 12.1. The number of guanidine groups is 1. The van der Waals surface area contributed by atoms with E-state index in [4.69, 9.17) is 0 Å². The molecule has 1 aromatic carbocycles. The summed E-state index contributed by atoms with van der Waals surface area (Å²) in [7, 11) is 6.05. The van der Waals surface area contributed by atoms with Crippen LogP contribution in [0.4, 0.5) is 5.69 Å². The number of nitrogens with one attached hydrogen (secondary N) is 2. The van der Waals surface area contributed by atoms with Crippen LogP contribution in [0, 0.1) is 5.92 Å². The van der Waals surface area contributed by atoms with Gasteiger partial charge in [-0.25, -0.2) is 0 Å². The Labute approximate surface area is 150 Å². The van der Waals surface area contributed by atoms with E-state index in [0.29, 0.717) is 19.0 Å². The Bertz CT molecular complexity index is 610. The van der Waals surface area contributed by atoms with Gasteiger partial charge < -0.3 is 20.4 Å². The number of carbonyl (C=O) groups is 1. The maximum Gasteiger partial charge on any atom is 0.229 e. The summed E-state index contributed by atoms with van der Waals surface area (Å²) < 4.78 is 0. The molecule has 6 heteroatoms. The van der Waals surface area contributed by atoms with E-state index in [-0.39, 0.29) is 11.9 Å². The van der Waals surface area contributed by atoms with Gasteiger partial charge in [-0.2, -0.15) is 0 Å². The van der Waals surface area contributed by atoms with Gasteiger partial charge in [0.25, 0.3) is 0 Å². The van der Waals surface area contributed by atoms with Gasteiger partial charge in [-0.1, -0.05) is 18.2 Å². The Morgan fingerprint density at radius 2 is 2.04 bits per heavy atom. The van der Waals surface area contributed by atoms with Crippen molar-refractivity contribution >= 4 is 17.6 Å². The highest BCUT2D eigenvalue weighted by Gasteiger charge is 2.33. The first-order valence-corrected chi connectivity index (χ1v) is 9.07. The number of carbonyl (C=O) groups excluding carboxylic acids is 1. The molecule has 3 rings (SSSR count). The molecule has 6 nitrogen and oxygen atoms in total. The third-order valence-electron chi connectivity index (χ3n) is 5.07. The third kappa shape index (κ3) is 4.51. The zero-order chi connectivity index (χ0) is 17.8. The normalized spacial score (nSPS) is 22.4. The van der Waals surface area contributed by atoms with Crippen molar-refractivity contribution in [3.8, 4) is 0 Å². The molecule has 136 valence electrons. The fraction of sp³-hybridized carbons (Fsp3) is 0.579. The molecule has 0 radical (unpaired) electrons. The lowest BCUT2D eigenvalue weighted by molar-refractivity contribution is -0.117. The van der Waals surface area contributed by atoms with Gasteiger partial charge in [-0.15, -0.1) is 0 Å². The summed E-state index contributed by atoms with van der Waals surface area (Å²) in [6.07, 6.45) is 3.13. The van der Waals surface area contributed by atoms with E-state index in [9.17, 15) is 4.79 Å². The average Bonchev–Trinajstić information content (AvgIpc) is 3.37. The molecular formula is C19H29N5O. The molecule has 0 spiro atoms. The summed E-state index contributed by atoms with van der Waals surface area (Å²) in [6.45, 7) is 1.55.